The van der Waals surface area contributed by atoms with Gasteiger partial charge >= 0.3 is 0 Å². The molecule has 0 atom stereocenters. The van der Waals surface area contributed by atoms with E-state index in [-0.39, 0.29) is 0 Å². The van der Waals surface area contributed by atoms with Crippen molar-refractivity contribution in [2.75, 3.05) is 11.5 Å². The van der Waals surface area contributed by atoms with Crippen LogP contribution in [0.5, 0.6) is 5.75 Å². The van der Waals surface area contributed by atoms with E-state index in [2.05, 4.69) is 12.1 Å². The van der Waals surface area contributed by atoms with Gasteiger partial charge in [-0.05, 0) is 24.0 Å². The van der Waals surface area contributed by atoms with Crippen molar-refractivity contribution < 1.29 is 5.11 Å². The molecule has 0 aliphatic carbocycles. The number of aromatic hydroxyl groups is 1. The zero-order chi connectivity index (χ0) is 9.10. The molecule has 1 aliphatic heterocycles. The highest BCUT2D eigenvalue weighted by atomic mass is 32.2. The maximum atomic E-state index is 9.27. The molecule has 0 saturated carbocycles. The Morgan fingerprint density at radius 3 is 2.85 bits per heavy atom. The second kappa shape index (κ2) is 4.17. The highest BCUT2D eigenvalue weighted by molar-refractivity contribution is 8.16. The molecule has 2 rings (SSSR count). The van der Waals surface area contributed by atoms with Crippen molar-refractivity contribution in [1.82, 2.24) is 0 Å². The first-order valence-corrected chi connectivity index (χ1v) is 6.31. The number of hydrogen-bond donors (Lipinski definition) is 1. The van der Waals surface area contributed by atoms with Crippen molar-refractivity contribution in [2.45, 2.75) is 11.0 Å². The molecular formula is C10H10OS2. The Labute approximate surface area is 86.9 Å². The van der Waals surface area contributed by atoms with Crippen LogP contribution in [-0.2, 0) is 0 Å². The monoisotopic (exact) mass is 210 g/mol. The Morgan fingerprint density at radius 2 is 2.15 bits per heavy atom. The van der Waals surface area contributed by atoms with Gasteiger partial charge in [0.15, 0.2) is 0 Å². The maximum Gasteiger partial charge on any atom is 0.124 e. The minimum atomic E-state index is 0.292. The fraction of sp³-hybridized carbons (Fsp3) is 0.400. The van der Waals surface area contributed by atoms with Crippen LogP contribution in [0.3, 0.4) is 0 Å². The fourth-order valence-corrected chi connectivity index (χ4v) is 4.03. The average molecular weight is 210 g/mol. The molecule has 1 N–H and O–H groups in total. The van der Waals surface area contributed by atoms with Gasteiger partial charge in [-0.25, -0.2) is 0 Å². The summed E-state index contributed by atoms with van der Waals surface area (Å²) in [5, 5.41) is 9.27. The van der Waals surface area contributed by atoms with E-state index in [4.69, 9.17) is 0 Å². The third-order valence-corrected chi connectivity index (χ3v) is 4.80. The van der Waals surface area contributed by atoms with E-state index in [1.165, 1.54) is 17.9 Å². The van der Waals surface area contributed by atoms with Gasteiger partial charge in [-0.2, -0.15) is 0 Å². The van der Waals surface area contributed by atoms with Crippen LogP contribution in [0.2, 0.25) is 0 Å². The molecule has 1 aromatic rings. The standard InChI is InChI=1S/C10H10OS2/c11-9-4-1-3-8(7-9)10-12-5-2-6-13-10/h4,7,10-11H,2,5-6H2. The van der Waals surface area contributed by atoms with E-state index in [1.54, 1.807) is 12.1 Å². The molecular weight excluding hydrogens is 200 g/mol. The van der Waals surface area contributed by atoms with E-state index in [0.29, 0.717) is 10.3 Å². The summed E-state index contributed by atoms with van der Waals surface area (Å²) in [7, 11) is 0. The molecule has 1 saturated heterocycles. The Balaban J connectivity index is 2.14. The lowest BCUT2D eigenvalue weighted by molar-refractivity contribution is 0.475. The highest BCUT2D eigenvalue weighted by Crippen LogP contribution is 2.43. The van der Waals surface area contributed by atoms with E-state index in [1.807, 2.05) is 23.5 Å². The molecule has 1 nitrogen and oxygen atoms in total. The average Bonchev–Trinajstić information content (AvgIpc) is 2.19. The quantitative estimate of drug-likeness (QED) is 0.769. The predicted molar refractivity (Wildman–Crippen MR) is 58.1 cm³/mol. The molecule has 1 fully saturated rings. The summed E-state index contributed by atoms with van der Waals surface area (Å²) < 4.78 is 0.442. The van der Waals surface area contributed by atoms with Gasteiger partial charge in [-0.15, -0.1) is 23.5 Å². The van der Waals surface area contributed by atoms with Gasteiger partial charge in [-0.1, -0.05) is 12.1 Å². The van der Waals surface area contributed by atoms with Crippen molar-refractivity contribution in [2.24, 2.45) is 0 Å². The number of rotatable bonds is 1. The van der Waals surface area contributed by atoms with Crippen molar-refractivity contribution >= 4 is 23.5 Å². The number of hydrogen-bond acceptors (Lipinski definition) is 3. The molecule has 1 aliphatic rings. The molecule has 3 heteroatoms. The normalized spacial score (nSPS) is 18.2. The molecule has 68 valence electrons. The van der Waals surface area contributed by atoms with Gasteiger partial charge in [0.1, 0.15) is 5.75 Å². The lowest BCUT2D eigenvalue weighted by Gasteiger charge is -2.19. The fourth-order valence-electron chi connectivity index (χ4n) is 1.22. The molecule has 0 radical (unpaired) electrons. The molecule has 0 amide bonds. The van der Waals surface area contributed by atoms with Crippen LogP contribution in [0.15, 0.2) is 12.1 Å². The molecule has 1 aromatic carbocycles. The van der Waals surface area contributed by atoms with Crippen molar-refractivity contribution in [3.63, 3.8) is 0 Å². The zero-order valence-corrected chi connectivity index (χ0v) is 8.75. The topological polar surface area (TPSA) is 20.2 Å². The van der Waals surface area contributed by atoms with Crippen LogP contribution >= 0.6 is 23.5 Å². The van der Waals surface area contributed by atoms with Crippen LogP contribution < -0.4 is 0 Å². The van der Waals surface area contributed by atoms with Gasteiger partial charge in [-0.3, -0.25) is 0 Å². The van der Waals surface area contributed by atoms with Crippen LogP contribution in [0.25, 0.3) is 0 Å². The summed E-state index contributed by atoms with van der Waals surface area (Å²) in [4.78, 5) is 0. The summed E-state index contributed by atoms with van der Waals surface area (Å²) in [5.74, 6) is 2.71. The highest BCUT2D eigenvalue weighted by Gasteiger charge is 2.16. The van der Waals surface area contributed by atoms with Crippen molar-refractivity contribution in [1.29, 1.82) is 0 Å². The van der Waals surface area contributed by atoms with Crippen molar-refractivity contribution in [3.05, 3.63) is 29.8 Å². The second-order valence-electron chi connectivity index (χ2n) is 2.87. The second-order valence-corrected chi connectivity index (χ2v) is 5.59. The zero-order valence-electron chi connectivity index (χ0n) is 7.12. The van der Waals surface area contributed by atoms with Crippen LogP contribution in [-0.4, -0.2) is 16.6 Å². The third kappa shape index (κ3) is 2.26. The molecule has 0 unspecified atom stereocenters. The first kappa shape index (κ1) is 9.11. The van der Waals surface area contributed by atoms with Gasteiger partial charge in [0.25, 0.3) is 0 Å². The van der Waals surface area contributed by atoms with E-state index in [9.17, 15) is 5.11 Å². The van der Waals surface area contributed by atoms with Gasteiger partial charge in [0.05, 0.1) is 4.58 Å². The first-order valence-electron chi connectivity index (χ1n) is 4.22. The van der Waals surface area contributed by atoms with Crippen LogP contribution in [0.4, 0.5) is 0 Å². The first-order chi connectivity index (χ1) is 6.36. The molecule has 0 aromatic heterocycles. The smallest absolute Gasteiger partial charge is 0.124 e. The molecule has 0 bridgehead atoms. The third-order valence-electron chi connectivity index (χ3n) is 1.82. The summed E-state index contributed by atoms with van der Waals surface area (Å²) in [6.07, 6.45) is 1.29. The largest absolute Gasteiger partial charge is 0.507 e. The van der Waals surface area contributed by atoms with Crippen LogP contribution in [0, 0.1) is 12.1 Å². The number of thioether (sulfide) groups is 2. The summed E-state index contributed by atoms with van der Waals surface area (Å²) in [5.41, 5.74) is 1.06. The molecule has 13 heavy (non-hydrogen) atoms. The summed E-state index contributed by atoms with van der Waals surface area (Å²) in [6.45, 7) is 0. The predicted octanol–water partition coefficient (Wildman–Crippen LogP) is 2.86. The Bertz CT molecular complexity index is 282. The van der Waals surface area contributed by atoms with Gasteiger partial charge in [0.2, 0.25) is 0 Å². The molecule has 0 spiro atoms. The minimum absolute atomic E-state index is 0.292. The Kier molecular flexibility index (Phi) is 2.92. The van der Waals surface area contributed by atoms with E-state index >= 15 is 0 Å². The lowest BCUT2D eigenvalue weighted by Crippen LogP contribution is -1.99. The summed E-state index contributed by atoms with van der Waals surface area (Å²) >= 11 is 3.85. The van der Waals surface area contributed by atoms with Crippen LogP contribution in [0.1, 0.15) is 16.6 Å². The van der Waals surface area contributed by atoms with Crippen molar-refractivity contribution in [3.8, 4) is 5.75 Å². The van der Waals surface area contributed by atoms with E-state index < -0.39 is 0 Å². The Morgan fingerprint density at radius 1 is 1.38 bits per heavy atom. The maximum absolute atomic E-state index is 9.27. The SMILES string of the molecule is Oc1cc#cc(C2SCCCS2)c1. The summed E-state index contributed by atoms with van der Waals surface area (Å²) in [6, 6.07) is 9.20. The lowest BCUT2D eigenvalue weighted by atomic mass is 10.3. The van der Waals surface area contributed by atoms with Gasteiger partial charge in [0, 0.05) is 11.6 Å². The molecule has 1 heterocycles. The van der Waals surface area contributed by atoms with E-state index in [0.717, 1.165) is 5.56 Å². The van der Waals surface area contributed by atoms with Gasteiger partial charge < -0.3 is 5.11 Å². The Hall–Kier alpha value is -0.460. The minimum Gasteiger partial charge on any atom is -0.507 e.